The van der Waals surface area contributed by atoms with E-state index < -0.39 is 167 Å². The summed E-state index contributed by atoms with van der Waals surface area (Å²) in [4.78, 5) is 168. The lowest BCUT2D eigenvalue weighted by atomic mass is 10.00. The molecule has 1 aliphatic carbocycles. The Labute approximate surface area is 513 Å². The summed E-state index contributed by atoms with van der Waals surface area (Å²) in [5.74, 6) is -9.09. The van der Waals surface area contributed by atoms with Gasteiger partial charge < -0.3 is 94.0 Å². The Balaban J connectivity index is 2.27. The van der Waals surface area contributed by atoms with E-state index in [1.807, 2.05) is 0 Å². The van der Waals surface area contributed by atoms with E-state index in [0.717, 1.165) is 0 Å². The fraction of sp³-hybridized carbons (Fsp3) is 0.690. The lowest BCUT2D eigenvalue weighted by molar-refractivity contribution is -0.136. The van der Waals surface area contributed by atoms with Crippen molar-refractivity contribution >= 4 is 71.4 Å². The van der Waals surface area contributed by atoms with Crippen LogP contribution in [-0.2, 0) is 63.8 Å². The van der Waals surface area contributed by atoms with Gasteiger partial charge in [-0.05, 0) is 133 Å². The molecule has 1 saturated carbocycles. The number of carbonyl (C=O) groups excluding carboxylic acids is 12. The highest BCUT2D eigenvalue weighted by Crippen LogP contribution is 2.36. The van der Waals surface area contributed by atoms with Gasteiger partial charge in [-0.25, -0.2) is 14.4 Å². The molecule has 1 aromatic carbocycles. The Bertz CT molecular complexity index is 2600. The molecular weight excluding hydrogens is 1150 g/mol. The summed E-state index contributed by atoms with van der Waals surface area (Å²) in [5.41, 5.74) is 2.00. The van der Waals surface area contributed by atoms with E-state index in [-0.39, 0.29) is 70.5 Å². The summed E-state index contributed by atoms with van der Waals surface area (Å²) in [5, 5.41) is 51.7. The highest BCUT2D eigenvalue weighted by molar-refractivity contribution is 6.00. The Morgan fingerprint density at radius 2 is 0.977 bits per heavy atom. The third-order valence-corrected chi connectivity index (χ3v) is 13.2. The van der Waals surface area contributed by atoms with E-state index in [1.54, 1.807) is 106 Å². The maximum atomic E-state index is 14.8. The van der Waals surface area contributed by atoms with Crippen LogP contribution in [0.3, 0.4) is 0 Å². The first-order chi connectivity index (χ1) is 40.8. The lowest BCUT2D eigenvalue weighted by Crippen LogP contribution is -2.61. The van der Waals surface area contributed by atoms with E-state index in [4.69, 9.17) is 19.9 Å². The third-order valence-electron chi connectivity index (χ3n) is 13.2. The molecule has 3 rings (SSSR count). The van der Waals surface area contributed by atoms with Crippen molar-refractivity contribution in [2.24, 2.45) is 11.7 Å². The molecule has 10 atom stereocenters. The van der Waals surface area contributed by atoms with Crippen molar-refractivity contribution < 1.29 is 82.0 Å². The van der Waals surface area contributed by atoms with Crippen molar-refractivity contribution in [3.8, 4) is 0 Å². The van der Waals surface area contributed by atoms with Crippen molar-refractivity contribution in [1.82, 2.24) is 63.8 Å². The molecule has 1 saturated heterocycles. The van der Waals surface area contributed by atoms with E-state index >= 15 is 0 Å². The zero-order valence-corrected chi connectivity index (χ0v) is 52.8. The standard InChI is InChI=1S/C58H95N13O17/c1-31(2)29-39-47(78)66-35(20-26-61-52(83)86-55(5,6)7)43(74)65-37(22-28-63-54(85)88-57(11,12)13)46(77)70-42(33(4)73)50(81)60-25-19-38(69-51(82)58(23-24-58)71-49(80)41(59)32(3)72)45(76)64-36(21-27-62-53(84)87-56(8,9)10)44(75)68-40(48(79)67-39)30-34-17-15-14-16-18-34/h14-18,31-33,35-42,72-73H,19-30,59H2,1-13H3,(H,60,81)(H,61,83)(H,62,84)(H,63,85)(H,64,76)(H,65,74)(H,66,78)(H,67,79)(H,68,75)(H,69,82)(H,70,77)(H,71,80)/t32-,33-,35+,36+,37+,38+,39+,40-,41+,42+/m1/s1. The van der Waals surface area contributed by atoms with Gasteiger partial charge in [0.1, 0.15) is 70.7 Å². The van der Waals surface area contributed by atoms with Crippen molar-refractivity contribution in [2.75, 3.05) is 26.2 Å². The van der Waals surface area contributed by atoms with Gasteiger partial charge in [0.2, 0.25) is 53.2 Å². The average Bonchev–Trinajstić information content (AvgIpc) is 1.66. The highest BCUT2D eigenvalue weighted by atomic mass is 16.6. The first kappa shape index (κ1) is 74.4. The Morgan fingerprint density at radius 1 is 0.580 bits per heavy atom. The first-order valence-electron chi connectivity index (χ1n) is 29.6. The fourth-order valence-corrected chi connectivity index (χ4v) is 8.57. The molecule has 0 unspecified atom stereocenters. The number of nitrogens with one attached hydrogen (secondary N) is 12. The summed E-state index contributed by atoms with van der Waals surface area (Å²) < 4.78 is 16.1. The van der Waals surface area contributed by atoms with Gasteiger partial charge in [-0.1, -0.05) is 44.2 Å². The van der Waals surface area contributed by atoms with Crippen LogP contribution in [-0.4, -0.2) is 191 Å². The zero-order chi connectivity index (χ0) is 66.5. The predicted octanol–water partition coefficient (Wildman–Crippen LogP) is -1.33. The van der Waals surface area contributed by atoms with Crippen molar-refractivity contribution in [3.05, 3.63) is 35.9 Å². The van der Waals surface area contributed by atoms with Crippen LogP contribution in [0.5, 0.6) is 0 Å². The van der Waals surface area contributed by atoms with Gasteiger partial charge in [-0.3, -0.25) is 43.2 Å². The minimum Gasteiger partial charge on any atom is -0.444 e. The topological polar surface area (TPSA) is 443 Å². The average molecular weight is 1250 g/mol. The summed E-state index contributed by atoms with van der Waals surface area (Å²) in [7, 11) is 0. The normalized spacial score (nSPS) is 23.0. The van der Waals surface area contributed by atoms with Crippen LogP contribution in [0.4, 0.5) is 14.4 Å². The van der Waals surface area contributed by atoms with Gasteiger partial charge in [0, 0.05) is 32.6 Å². The summed E-state index contributed by atoms with van der Waals surface area (Å²) in [6.45, 7) is 19.1. The van der Waals surface area contributed by atoms with Gasteiger partial charge in [0.15, 0.2) is 0 Å². The van der Waals surface area contributed by atoms with Gasteiger partial charge in [-0.15, -0.1) is 0 Å². The van der Waals surface area contributed by atoms with Crippen LogP contribution >= 0.6 is 0 Å². The summed E-state index contributed by atoms with van der Waals surface area (Å²) in [6.07, 6.45) is -7.27. The van der Waals surface area contributed by atoms with Crippen LogP contribution in [0.1, 0.15) is 141 Å². The number of amides is 12. The summed E-state index contributed by atoms with van der Waals surface area (Å²) in [6, 6.07) is -4.30. The number of aliphatic hydroxyl groups excluding tert-OH is 2. The zero-order valence-electron chi connectivity index (χ0n) is 52.8. The van der Waals surface area contributed by atoms with Gasteiger partial charge in [0.25, 0.3) is 0 Å². The molecule has 16 N–H and O–H groups in total. The molecule has 1 aromatic rings. The molecule has 0 bridgehead atoms. The minimum absolute atomic E-state index is 0.0569. The van der Waals surface area contributed by atoms with Gasteiger partial charge in [0.05, 0.1) is 12.2 Å². The van der Waals surface area contributed by atoms with Crippen LogP contribution in [0, 0.1) is 5.92 Å². The maximum Gasteiger partial charge on any atom is 0.407 e. The molecule has 494 valence electrons. The second kappa shape index (κ2) is 33.5. The number of hydrogen-bond donors (Lipinski definition) is 15. The largest absolute Gasteiger partial charge is 0.444 e. The molecule has 2 fully saturated rings. The fourth-order valence-electron chi connectivity index (χ4n) is 8.57. The molecule has 12 amide bonds. The maximum absolute atomic E-state index is 14.8. The Morgan fingerprint density at radius 3 is 1.39 bits per heavy atom. The Kier molecular flexibility index (Phi) is 28.3. The second-order valence-electron chi connectivity index (χ2n) is 25.4. The van der Waals surface area contributed by atoms with Crippen LogP contribution in [0.15, 0.2) is 30.3 Å². The van der Waals surface area contributed by atoms with E-state index in [2.05, 4.69) is 63.8 Å². The number of carbonyl (C=O) groups is 12. The molecule has 30 nitrogen and oxygen atoms in total. The van der Waals surface area contributed by atoms with E-state index in [0.29, 0.717) is 5.56 Å². The molecule has 1 aliphatic heterocycles. The second-order valence-corrected chi connectivity index (χ2v) is 25.4. The number of hydrogen-bond acceptors (Lipinski definition) is 18. The number of benzene rings is 1. The lowest BCUT2D eigenvalue weighted by Gasteiger charge is -2.29. The van der Waals surface area contributed by atoms with Gasteiger partial charge in [-0.2, -0.15) is 0 Å². The quantitative estimate of drug-likeness (QED) is 0.0714. The summed E-state index contributed by atoms with van der Waals surface area (Å²) >= 11 is 0. The Hall–Kier alpha value is -7.86. The van der Waals surface area contributed by atoms with Gasteiger partial charge >= 0.3 is 18.3 Å². The molecule has 0 spiro atoms. The molecular formula is C58H95N13O17. The van der Waals surface area contributed by atoms with Crippen LogP contribution < -0.4 is 69.5 Å². The SMILES string of the molecule is CC(C)C[C@@H]1NC(=O)[C@@H](Cc2ccccc2)NC(=O)[C@H](CCNC(=O)OC(C)(C)C)NC(=O)[C@@H](NC(=O)C2(NC(=O)[C@@H](N)[C@@H](C)O)CC2)CCNC(=O)[C@H]([C@@H](C)O)NC(=O)[C@H](CCNC(=O)OC(C)(C)C)NC(=O)[C@H](CCNC(=O)OC(C)(C)C)NC1=O. The van der Waals surface area contributed by atoms with Crippen molar-refractivity contribution in [2.45, 2.75) is 224 Å². The number of ether oxygens (including phenoxy) is 3. The molecule has 30 heteroatoms. The third kappa shape index (κ3) is 27.0. The van der Waals surface area contributed by atoms with E-state index in [9.17, 15) is 67.7 Å². The molecule has 0 radical (unpaired) electrons. The molecule has 88 heavy (non-hydrogen) atoms. The number of nitrogens with two attached hydrogens (primary N) is 1. The molecule has 0 aromatic heterocycles. The number of rotatable bonds is 19. The predicted molar refractivity (Wildman–Crippen MR) is 319 cm³/mol. The highest BCUT2D eigenvalue weighted by Gasteiger charge is 2.53. The van der Waals surface area contributed by atoms with Crippen molar-refractivity contribution in [1.29, 1.82) is 0 Å². The molecule has 1 heterocycles. The van der Waals surface area contributed by atoms with E-state index in [1.165, 1.54) is 13.8 Å². The van der Waals surface area contributed by atoms with Crippen molar-refractivity contribution in [3.63, 3.8) is 0 Å². The number of aliphatic hydroxyl groups is 2. The minimum atomic E-state index is -1.79. The van der Waals surface area contributed by atoms with Crippen LogP contribution in [0.25, 0.3) is 0 Å². The number of alkyl carbamates (subject to hydrolysis) is 3. The molecule has 2 aliphatic rings. The van der Waals surface area contributed by atoms with Crippen LogP contribution in [0.2, 0.25) is 0 Å². The monoisotopic (exact) mass is 1250 g/mol. The first-order valence-corrected chi connectivity index (χ1v) is 29.6. The smallest absolute Gasteiger partial charge is 0.407 e.